The van der Waals surface area contributed by atoms with Crippen LogP contribution < -0.4 is 0 Å². The molecule has 1 rings (SSSR count). The zero-order valence-electron chi connectivity index (χ0n) is 10.8. The van der Waals surface area contributed by atoms with Crippen molar-refractivity contribution in [2.75, 3.05) is 27.3 Å². The molecule has 0 unspecified atom stereocenters. The van der Waals surface area contributed by atoms with Crippen LogP contribution in [0.4, 0.5) is 0 Å². The Kier molecular flexibility index (Phi) is 5.78. The molecule has 1 N–H and O–H groups in total. The summed E-state index contributed by atoms with van der Waals surface area (Å²) in [5, 5.41) is 9.60. The highest BCUT2D eigenvalue weighted by molar-refractivity contribution is 9.10. The van der Waals surface area contributed by atoms with Crippen molar-refractivity contribution in [3.05, 3.63) is 33.8 Å². The van der Waals surface area contributed by atoms with Gasteiger partial charge in [-0.2, -0.15) is 0 Å². The van der Waals surface area contributed by atoms with Crippen LogP contribution in [0.5, 0.6) is 0 Å². The van der Waals surface area contributed by atoms with Gasteiger partial charge in [-0.3, -0.25) is 4.79 Å². The predicted octanol–water partition coefficient (Wildman–Crippen LogP) is 1.84. The van der Waals surface area contributed by atoms with Crippen LogP contribution in [0, 0.1) is 6.92 Å². The van der Waals surface area contributed by atoms with Crippen molar-refractivity contribution in [3.8, 4) is 0 Å². The lowest BCUT2D eigenvalue weighted by atomic mass is 10.1. The molecule has 0 aliphatic heterocycles. The van der Waals surface area contributed by atoms with Crippen LogP contribution in [0.3, 0.4) is 0 Å². The van der Waals surface area contributed by atoms with E-state index in [1.54, 1.807) is 13.1 Å². The summed E-state index contributed by atoms with van der Waals surface area (Å²) in [7, 11) is 3.18. The number of benzene rings is 1. The van der Waals surface area contributed by atoms with Gasteiger partial charge in [0.15, 0.2) is 0 Å². The molecule has 0 heterocycles. The summed E-state index contributed by atoms with van der Waals surface area (Å²) in [4.78, 5) is 13.6. The number of hydrogen-bond acceptors (Lipinski definition) is 3. The molecule has 100 valence electrons. The van der Waals surface area contributed by atoms with Gasteiger partial charge in [-0.15, -0.1) is 0 Å². The topological polar surface area (TPSA) is 49.8 Å². The number of carbonyl (C=O) groups is 1. The Morgan fingerprint density at radius 2 is 2.17 bits per heavy atom. The first-order valence-electron chi connectivity index (χ1n) is 5.63. The lowest BCUT2D eigenvalue weighted by Gasteiger charge is -2.20. The summed E-state index contributed by atoms with van der Waals surface area (Å²) in [6.07, 6.45) is -0.669. The van der Waals surface area contributed by atoms with E-state index in [1.165, 1.54) is 12.0 Å². The minimum Gasteiger partial charge on any atom is -0.389 e. The third-order valence-corrected chi connectivity index (χ3v) is 2.94. The molecule has 0 saturated carbocycles. The number of likely N-dealkylation sites (N-methyl/N-ethyl adjacent to an activating group) is 1. The predicted molar refractivity (Wildman–Crippen MR) is 73.7 cm³/mol. The Morgan fingerprint density at radius 1 is 1.50 bits per heavy atom. The Labute approximate surface area is 116 Å². The molecule has 0 aliphatic rings. The van der Waals surface area contributed by atoms with Gasteiger partial charge >= 0.3 is 0 Å². The van der Waals surface area contributed by atoms with E-state index in [0.29, 0.717) is 5.56 Å². The molecule has 5 heteroatoms. The van der Waals surface area contributed by atoms with Crippen LogP contribution in [0.25, 0.3) is 0 Å². The van der Waals surface area contributed by atoms with Gasteiger partial charge in [-0.05, 0) is 30.7 Å². The van der Waals surface area contributed by atoms with Crippen LogP contribution in [-0.2, 0) is 4.74 Å². The number of nitrogens with zero attached hydrogens (tertiary/aromatic N) is 1. The van der Waals surface area contributed by atoms with E-state index in [2.05, 4.69) is 15.9 Å². The highest BCUT2D eigenvalue weighted by atomic mass is 79.9. The van der Waals surface area contributed by atoms with Crippen molar-refractivity contribution in [1.29, 1.82) is 0 Å². The number of amides is 1. The van der Waals surface area contributed by atoms with Crippen LogP contribution in [0.15, 0.2) is 22.7 Å². The van der Waals surface area contributed by atoms with E-state index in [-0.39, 0.29) is 19.1 Å². The first-order chi connectivity index (χ1) is 8.43. The Balaban J connectivity index is 2.74. The van der Waals surface area contributed by atoms with Crippen LogP contribution in [-0.4, -0.2) is 49.3 Å². The van der Waals surface area contributed by atoms with E-state index in [4.69, 9.17) is 4.74 Å². The summed E-state index contributed by atoms with van der Waals surface area (Å²) < 4.78 is 5.70. The number of rotatable bonds is 5. The maximum absolute atomic E-state index is 12.1. The zero-order chi connectivity index (χ0) is 13.7. The summed E-state index contributed by atoms with van der Waals surface area (Å²) in [6.45, 7) is 2.40. The normalized spacial score (nSPS) is 12.3. The molecule has 0 spiro atoms. The van der Waals surface area contributed by atoms with Gasteiger partial charge in [0.1, 0.15) is 0 Å². The Bertz CT molecular complexity index is 402. The molecule has 1 aromatic rings. The van der Waals surface area contributed by atoms with Crippen molar-refractivity contribution in [1.82, 2.24) is 4.90 Å². The average Bonchev–Trinajstić information content (AvgIpc) is 2.26. The van der Waals surface area contributed by atoms with Gasteiger partial charge in [-0.25, -0.2) is 0 Å². The number of ether oxygens (including phenoxy) is 1. The number of hydrogen-bond donors (Lipinski definition) is 1. The zero-order valence-corrected chi connectivity index (χ0v) is 12.4. The fraction of sp³-hybridized carbons (Fsp3) is 0.462. The standard InChI is InChI=1S/C13H18BrNO3/c1-9-4-10(6-11(14)5-9)13(17)15(2)7-12(16)8-18-3/h4-6,12,16H,7-8H2,1-3H3/t12-/m0/s1. The second-order valence-electron chi connectivity index (χ2n) is 4.31. The minimum absolute atomic E-state index is 0.116. The third-order valence-electron chi connectivity index (χ3n) is 2.48. The minimum atomic E-state index is -0.669. The average molecular weight is 316 g/mol. The summed E-state index contributed by atoms with van der Waals surface area (Å²) in [5.74, 6) is -0.116. The number of carbonyl (C=O) groups excluding carboxylic acids is 1. The fourth-order valence-electron chi connectivity index (χ4n) is 1.72. The fourth-order valence-corrected chi connectivity index (χ4v) is 2.33. The highest BCUT2D eigenvalue weighted by Gasteiger charge is 2.16. The Hall–Kier alpha value is -0.910. The van der Waals surface area contributed by atoms with E-state index < -0.39 is 6.10 Å². The molecule has 0 bridgehead atoms. The number of aryl methyl sites for hydroxylation is 1. The maximum atomic E-state index is 12.1. The number of halogens is 1. The summed E-state index contributed by atoms with van der Waals surface area (Å²) in [6, 6.07) is 5.54. The molecule has 0 radical (unpaired) electrons. The molecule has 0 aromatic heterocycles. The lowest BCUT2D eigenvalue weighted by Crippen LogP contribution is -2.36. The quantitative estimate of drug-likeness (QED) is 0.902. The third kappa shape index (κ3) is 4.40. The second kappa shape index (κ2) is 6.87. The van der Waals surface area contributed by atoms with Crippen LogP contribution in [0.1, 0.15) is 15.9 Å². The van der Waals surface area contributed by atoms with Crippen LogP contribution >= 0.6 is 15.9 Å². The Morgan fingerprint density at radius 3 is 2.72 bits per heavy atom. The molecule has 1 amide bonds. The summed E-state index contributed by atoms with van der Waals surface area (Å²) >= 11 is 3.37. The van der Waals surface area contributed by atoms with Crippen molar-refractivity contribution >= 4 is 21.8 Å². The first-order valence-corrected chi connectivity index (χ1v) is 6.43. The lowest BCUT2D eigenvalue weighted by molar-refractivity contribution is 0.0380. The van der Waals surface area contributed by atoms with Crippen LogP contribution in [0.2, 0.25) is 0 Å². The van der Waals surface area contributed by atoms with Crippen molar-refractivity contribution in [2.45, 2.75) is 13.0 Å². The second-order valence-corrected chi connectivity index (χ2v) is 5.23. The highest BCUT2D eigenvalue weighted by Crippen LogP contribution is 2.16. The smallest absolute Gasteiger partial charge is 0.253 e. The molecule has 18 heavy (non-hydrogen) atoms. The van der Waals surface area contributed by atoms with Crippen molar-refractivity contribution < 1.29 is 14.6 Å². The van der Waals surface area contributed by atoms with E-state index in [0.717, 1.165) is 10.0 Å². The number of methoxy groups -OCH3 is 1. The molecule has 4 nitrogen and oxygen atoms in total. The maximum Gasteiger partial charge on any atom is 0.253 e. The molecule has 0 fully saturated rings. The molecule has 1 atom stereocenters. The monoisotopic (exact) mass is 315 g/mol. The molecular formula is C13H18BrNO3. The van der Waals surface area contributed by atoms with E-state index in [1.807, 2.05) is 19.1 Å². The van der Waals surface area contributed by atoms with Crippen molar-refractivity contribution in [3.63, 3.8) is 0 Å². The van der Waals surface area contributed by atoms with Gasteiger partial charge in [-0.1, -0.05) is 15.9 Å². The number of aliphatic hydroxyl groups excluding tert-OH is 1. The van der Waals surface area contributed by atoms with Gasteiger partial charge in [0.05, 0.1) is 12.7 Å². The van der Waals surface area contributed by atoms with E-state index in [9.17, 15) is 9.90 Å². The number of aliphatic hydroxyl groups is 1. The largest absolute Gasteiger partial charge is 0.389 e. The van der Waals surface area contributed by atoms with Gasteiger partial charge in [0.2, 0.25) is 0 Å². The van der Waals surface area contributed by atoms with Gasteiger partial charge in [0.25, 0.3) is 5.91 Å². The summed E-state index contributed by atoms with van der Waals surface area (Å²) in [5.41, 5.74) is 1.62. The van der Waals surface area contributed by atoms with Gasteiger partial charge in [0, 0.05) is 30.7 Å². The molecule has 1 aromatic carbocycles. The molecule has 0 saturated heterocycles. The molecule has 0 aliphatic carbocycles. The first kappa shape index (κ1) is 15.1. The van der Waals surface area contributed by atoms with Gasteiger partial charge < -0.3 is 14.7 Å². The molecular weight excluding hydrogens is 298 g/mol. The van der Waals surface area contributed by atoms with Crippen molar-refractivity contribution in [2.24, 2.45) is 0 Å². The SMILES string of the molecule is COC[C@@H](O)CN(C)C(=O)c1cc(C)cc(Br)c1. The van der Waals surface area contributed by atoms with E-state index >= 15 is 0 Å².